The Morgan fingerprint density at radius 1 is 1.62 bits per heavy atom. The highest BCUT2D eigenvalue weighted by Crippen LogP contribution is 2.13. The van der Waals surface area contributed by atoms with Crippen molar-refractivity contribution >= 4 is 6.09 Å². The minimum absolute atomic E-state index is 0.266. The van der Waals surface area contributed by atoms with Gasteiger partial charge in [0.15, 0.2) is 6.10 Å². The zero-order valence-electron chi connectivity index (χ0n) is 8.47. The van der Waals surface area contributed by atoms with E-state index in [1.54, 1.807) is 24.3 Å². The molecule has 0 bridgehead atoms. The maximum atomic E-state index is 10.7. The minimum atomic E-state index is -0.417. The summed E-state index contributed by atoms with van der Waals surface area (Å²) in [6.45, 7) is 0.740. The molecule has 1 aromatic rings. The first-order chi connectivity index (χ1) is 7.78. The number of carbonyl (C=O) groups is 1. The van der Waals surface area contributed by atoms with Gasteiger partial charge >= 0.3 is 6.09 Å². The average Bonchev–Trinajstić information content (AvgIpc) is 2.73. The summed E-state index contributed by atoms with van der Waals surface area (Å²) in [5, 5.41) is 11.2. The van der Waals surface area contributed by atoms with E-state index in [-0.39, 0.29) is 12.7 Å². The van der Waals surface area contributed by atoms with Crippen LogP contribution in [0.3, 0.4) is 0 Å². The van der Waals surface area contributed by atoms with Gasteiger partial charge in [0.2, 0.25) is 0 Å². The summed E-state index contributed by atoms with van der Waals surface area (Å²) in [6, 6.07) is 8.86. The standard InChI is InChI=1S/C11H10N2O3/c12-5-8-2-1-3-9(4-8)15-7-10-6-13-11(14)16-10/h1-4,10H,6-7H2,(H,13,14). The molecule has 1 amide bonds. The highest BCUT2D eigenvalue weighted by atomic mass is 16.6. The van der Waals surface area contributed by atoms with Crippen molar-refractivity contribution in [3.8, 4) is 11.8 Å². The zero-order valence-corrected chi connectivity index (χ0v) is 8.47. The normalized spacial score (nSPS) is 18.4. The molecule has 2 rings (SSSR count). The Bertz CT molecular complexity index is 439. The van der Waals surface area contributed by atoms with E-state index in [4.69, 9.17) is 14.7 Å². The Morgan fingerprint density at radius 2 is 2.50 bits per heavy atom. The number of nitrogens with one attached hydrogen (secondary N) is 1. The lowest BCUT2D eigenvalue weighted by atomic mass is 10.2. The number of nitrogens with zero attached hydrogens (tertiary/aromatic N) is 1. The molecule has 0 saturated carbocycles. The Kier molecular flexibility index (Phi) is 2.92. The van der Waals surface area contributed by atoms with Crippen molar-refractivity contribution in [2.45, 2.75) is 6.10 Å². The first-order valence-electron chi connectivity index (χ1n) is 4.85. The molecular weight excluding hydrogens is 208 g/mol. The molecule has 1 aromatic carbocycles. The van der Waals surface area contributed by atoms with Crippen LogP contribution in [0.4, 0.5) is 4.79 Å². The van der Waals surface area contributed by atoms with Gasteiger partial charge in [0, 0.05) is 0 Å². The maximum Gasteiger partial charge on any atom is 0.407 e. The molecule has 1 saturated heterocycles. The predicted octanol–water partition coefficient (Wildman–Crippen LogP) is 1.05. The van der Waals surface area contributed by atoms with E-state index in [0.29, 0.717) is 17.9 Å². The lowest BCUT2D eigenvalue weighted by molar-refractivity contribution is 0.105. The molecule has 82 valence electrons. The first-order valence-corrected chi connectivity index (χ1v) is 4.85. The van der Waals surface area contributed by atoms with Crippen molar-refractivity contribution in [1.29, 1.82) is 5.26 Å². The number of benzene rings is 1. The summed E-state index contributed by atoms with van der Waals surface area (Å²) >= 11 is 0. The fourth-order valence-corrected chi connectivity index (χ4v) is 1.37. The van der Waals surface area contributed by atoms with Gasteiger partial charge in [0.05, 0.1) is 18.2 Å². The monoisotopic (exact) mass is 218 g/mol. The molecule has 0 aliphatic carbocycles. The Balaban J connectivity index is 1.90. The molecule has 0 spiro atoms. The highest BCUT2D eigenvalue weighted by Gasteiger charge is 2.22. The molecule has 0 radical (unpaired) electrons. The van der Waals surface area contributed by atoms with Crippen molar-refractivity contribution in [1.82, 2.24) is 5.32 Å². The molecule has 1 aliphatic rings. The van der Waals surface area contributed by atoms with Gasteiger partial charge in [-0.1, -0.05) is 6.07 Å². The van der Waals surface area contributed by atoms with Gasteiger partial charge in [-0.15, -0.1) is 0 Å². The van der Waals surface area contributed by atoms with Crippen LogP contribution < -0.4 is 10.1 Å². The summed E-state index contributed by atoms with van der Waals surface area (Å²) < 4.78 is 10.3. The SMILES string of the molecule is N#Cc1cccc(OCC2CNC(=O)O2)c1. The second kappa shape index (κ2) is 4.53. The number of ether oxygens (including phenoxy) is 2. The molecule has 1 heterocycles. The van der Waals surface area contributed by atoms with Crippen molar-refractivity contribution in [3.05, 3.63) is 29.8 Å². The van der Waals surface area contributed by atoms with E-state index in [9.17, 15) is 4.79 Å². The van der Waals surface area contributed by atoms with Crippen molar-refractivity contribution in [3.63, 3.8) is 0 Å². The molecule has 5 heteroatoms. The third-order valence-corrected chi connectivity index (χ3v) is 2.15. The number of rotatable bonds is 3. The van der Waals surface area contributed by atoms with Gasteiger partial charge in [-0.3, -0.25) is 0 Å². The van der Waals surface area contributed by atoms with Crippen LogP contribution in [0.15, 0.2) is 24.3 Å². The number of cyclic esters (lactones) is 1. The van der Waals surface area contributed by atoms with Crippen LogP contribution in [0.2, 0.25) is 0 Å². The molecule has 1 atom stereocenters. The fraction of sp³-hybridized carbons (Fsp3) is 0.273. The van der Waals surface area contributed by atoms with Crippen LogP contribution in [0.5, 0.6) is 5.75 Å². The van der Waals surface area contributed by atoms with E-state index in [1.807, 2.05) is 6.07 Å². The van der Waals surface area contributed by atoms with E-state index in [1.165, 1.54) is 0 Å². The number of alkyl carbamates (subject to hydrolysis) is 1. The molecule has 16 heavy (non-hydrogen) atoms. The van der Waals surface area contributed by atoms with Crippen LogP contribution in [0, 0.1) is 11.3 Å². The lowest BCUT2D eigenvalue weighted by Crippen LogP contribution is -2.21. The second-order valence-corrected chi connectivity index (χ2v) is 3.36. The van der Waals surface area contributed by atoms with Crippen LogP contribution in [-0.4, -0.2) is 25.3 Å². The molecule has 1 aliphatic heterocycles. The highest BCUT2D eigenvalue weighted by molar-refractivity contribution is 5.69. The third kappa shape index (κ3) is 2.42. The topological polar surface area (TPSA) is 71.3 Å². The van der Waals surface area contributed by atoms with E-state index < -0.39 is 6.09 Å². The van der Waals surface area contributed by atoms with E-state index >= 15 is 0 Å². The third-order valence-electron chi connectivity index (χ3n) is 2.15. The molecular formula is C11H10N2O3. The predicted molar refractivity (Wildman–Crippen MR) is 54.9 cm³/mol. The van der Waals surface area contributed by atoms with Gasteiger partial charge in [-0.2, -0.15) is 5.26 Å². The van der Waals surface area contributed by atoms with Crippen molar-refractivity contribution in [2.24, 2.45) is 0 Å². The van der Waals surface area contributed by atoms with E-state index in [0.717, 1.165) is 0 Å². The Hall–Kier alpha value is -2.22. The summed E-state index contributed by atoms with van der Waals surface area (Å²) in [5.41, 5.74) is 0.541. The van der Waals surface area contributed by atoms with Crippen LogP contribution in [0.25, 0.3) is 0 Å². The molecule has 1 fully saturated rings. The molecule has 0 aromatic heterocycles. The summed E-state index contributed by atoms with van der Waals surface area (Å²) in [7, 11) is 0. The number of hydrogen-bond donors (Lipinski definition) is 1. The summed E-state index contributed by atoms with van der Waals surface area (Å²) in [5.74, 6) is 0.599. The van der Waals surface area contributed by atoms with Gasteiger partial charge < -0.3 is 14.8 Å². The van der Waals surface area contributed by atoms with Gasteiger partial charge in [-0.25, -0.2) is 4.79 Å². The first kappa shape index (κ1) is 10.3. The average molecular weight is 218 g/mol. The van der Waals surface area contributed by atoms with Crippen LogP contribution in [0.1, 0.15) is 5.56 Å². The van der Waals surface area contributed by atoms with Gasteiger partial charge in [-0.05, 0) is 18.2 Å². The van der Waals surface area contributed by atoms with Crippen LogP contribution >= 0.6 is 0 Å². The quantitative estimate of drug-likeness (QED) is 0.822. The van der Waals surface area contributed by atoms with Gasteiger partial charge in [0.25, 0.3) is 0 Å². The number of nitriles is 1. The summed E-state index contributed by atoms with van der Waals surface area (Å²) in [6.07, 6.45) is -0.683. The second-order valence-electron chi connectivity index (χ2n) is 3.36. The molecule has 1 unspecified atom stereocenters. The van der Waals surface area contributed by atoms with Crippen molar-refractivity contribution < 1.29 is 14.3 Å². The largest absolute Gasteiger partial charge is 0.490 e. The molecule has 5 nitrogen and oxygen atoms in total. The number of carbonyl (C=O) groups excluding carboxylic acids is 1. The number of hydrogen-bond acceptors (Lipinski definition) is 4. The molecule has 1 N–H and O–H groups in total. The Morgan fingerprint density at radius 3 is 3.19 bits per heavy atom. The lowest BCUT2D eigenvalue weighted by Gasteiger charge is -2.09. The number of amides is 1. The Labute approximate surface area is 92.6 Å². The van der Waals surface area contributed by atoms with Crippen LogP contribution in [-0.2, 0) is 4.74 Å². The van der Waals surface area contributed by atoms with Gasteiger partial charge in [0.1, 0.15) is 12.4 Å². The minimum Gasteiger partial charge on any atom is -0.490 e. The summed E-state index contributed by atoms with van der Waals surface area (Å²) in [4.78, 5) is 10.7. The van der Waals surface area contributed by atoms with E-state index in [2.05, 4.69) is 5.32 Å². The van der Waals surface area contributed by atoms with Crippen molar-refractivity contribution in [2.75, 3.05) is 13.2 Å². The smallest absolute Gasteiger partial charge is 0.407 e. The maximum absolute atomic E-state index is 10.7. The fourth-order valence-electron chi connectivity index (χ4n) is 1.37. The zero-order chi connectivity index (χ0) is 11.4.